The number of thiophene rings is 1. The maximum atomic E-state index is 12.2. The highest BCUT2D eigenvalue weighted by Gasteiger charge is 2.12. The Bertz CT molecular complexity index is 1020. The summed E-state index contributed by atoms with van der Waals surface area (Å²) in [6.07, 6.45) is 0. The lowest BCUT2D eigenvalue weighted by molar-refractivity contribution is -0.113. The predicted molar refractivity (Wildman–Crippen MR) is 101 cm³/mol. The Hall–Kier alpha value is -2.45. The topological polar surface area (TPSA) is 81.1 Å². The van der Waals surface area contributed by atoms with Crippen LogP contribution in [0.4, 0.5) is 5.69 Å². The monoisotopic (exact) mass is 373 g/mol. The van der Waals surface area contributed by atoms with Gasteiger partial charge in [0.25, 0.3) is 5.56 Å². The summed E-state index contributed by atoms with van der Waals surface area (Å²) in [4.78, 5) is 40.9. The van der Waals surface area contributed by atoms with Crippen LogP contribution in [0.2, 0.25) is 0 Å². The Morgan fingerprint density at radius 3 is 2.88 bits per heavy atom. The summed E-state index contributed by atoms with van der Waals surface area (Å²) >= 11 is 2.59. The second-order valence-corrected chi connectivity index (χ2v) is 7.21. The first-order chi connectivity index (χ1) is 12.0. The average Bonchev–Trinajstić information content (AvgIpc) is 3.05. The van der Waals surface area contributed by atoms with Crippen LogP contribution in [0.25, 0.3) is 10.2 Å². The summed E-state index contributed by atoms with van der Waals surface area (Å²) in [6.45, 7) is 1.48. The highest BCUT2D eigenvalue weighted by atomic mass is 32.2. The quantitative estimate of drug-likeness (QED) is 0.422. The molecule has 0 unspecified atom stereocenters. The molecule has 0 bridgehead atoms. The Kier molecular flexibility index (Phi) is 5.00. The molecule has 1 amide bonds. The molecule has 1 N–H and O–H groups in total. The van der Waals surface area contributed by atoms with E-state index in [1.165, 1.54) is 34.6 Å². The van der Waals surface area contributed by atoms with Crippen molar-refractivity contribution in [2.24, 2.45) is 7.05 Å². The highest BCUT2D eigenvalue weighted by molar-refractivity contribution is 7.99. The van der Waals surface area contributed by atoms with Gasteiger partial charge in [0.2, 0.25) is 5.91 Å². The van der Waals surface area contributed by atoms with Crippen LogP contribution in [0.3, 0.4) is 0 Å². The fraction of sp³-hybridized carbons (Fsp3) is 0.176. The van der Waals surface area contributed by atoms with Crippen molar-refractivity contribution in [3.05, 3.63) is 51.6 Å². The largest absolute Gasteiger partial charge is 0.325 e. The molecule has 3 rings (SSSR count). The van der Waals surface area contributed by atoms with Gasteiger partial charge in [0.05, 0.1) is 11.1 Å². The van der Waals surface area contributed by atoms with E-state index in [1.807, 2.05) is 5.38 Å². The molecule has 0 aliphatic rings. The molecule has 2 aromatic heterocycles. The summed E-state index contributed by atoms with van der Waals surface area (Å²) in [5.74, 6) is -0.179. The second-order valence-electron chi connectivity index (χ2n) is 5.37. The maximum Gasteiger partial charge on any atom is 0.262 e. The van der Waals surface area contributed by atoms with Crippen LogP contribution in [0.1, 0.15) is 17.3 Å². The smallest absolute Gasteiger partial charge is 0.262 e. The van der Waals surface area contributed by atoms with E-state index in [4.69, 9.17) is 0 Å². The molecule has 3 aromatic rings. The molecular weight excluding hydrogens is 358 g/mol. The molecule has 25 heavy (non-hydrogen) atoms. The lowest BCUT2D eigenvalue weighted by Gasteiger charge is -2.08. The number of benzene rings is 1. The van der Waals surface area contributed by atoms with Gasteiger partial charge in [-0.25, -0.2) is 4.98 Å². The van der Waals surface area contributed by atoms with Gasteiger partial charge in [-0.2, -0.15) is 0 Å². The molecule has 0 aliphatic heterocycles. The Balaban J connectivity index is 1.70. The first-order valence-corrected chi connectivity index (χ1v) is 9.30. The number of carbonyl (C=O) groups excluding carboxylic acids is 2. The molecule has 0 aliphatic carbocycles. The van der Waals surface area contributed by atoms with E-state index in [2.05, 4.69) is 10.3 Å². The van der Waals surface area contributed by atoms with Crippen molar-refractivity contribution in [2.45, 2.75) is 12.1 Å². The van der Waals surface area contributed by atoms with E-state index < -0.39 is 0 Å². The van der Waals surface area contributed by atoms with E-state index in [-0.39, 0.29) is 23.0 Å². The fourth-order valence-electron chi connectivity index (χ4n) is 2.25. The SMILES string of the molecule is CC(=O)c1cccc(NC(=O)CSc2nc3sccc3c(=O)n2C)c1. The van der Waals surface area contributed by atoms with Crippen LogP contribution in [-0.4, -0.2) is 27.0 Å². The average molecular weight is 373 g/mol. The van der Waals surface area contributed by atoms with Crippen molar-refractivity contribution in [2.75, 3.05) is 11.1 Å². The minimum absolute atomic E-state index is 0.0612. The van der Waals surface area contributed by atoms with Gasteiger partial charge in [0.15, 0.2) is 10.9 Å². The van der Waals surface area contributed by atoms with Crippen LogP contribution in [0.5, 0.6) is 0 Å². The van der Waals surface area contributed by atoms with Crippen molar-refractivity contribution in [1.82, 2.24) is 9.55 Å². The number of hydrogen-bond acceptors (Lipinski definition) is 6. The molecule has 0 fully saturated rings. The molecule has 128 valence electrons. The first-order valence-electron chi connectivity index (χ1n) is 7.43. The van der Waals surface area contributed by atoms with Crippen molar-refractivity contribution in [3.63, 3.8) is 0 Å². The van der Waals surface area contributed by atoms with E-state index in [9.17, 15) is 14.4 Å². The summed E-state index contributed by atoms with van der Waals surface area (Å²) in [7, 11) is 1.64. The number of aromatic nitrogens is 2. The summed E-state index contributed by atoms with van der Waals surface area (Å²) in [5, 5.41) is 5.65. The standard InChI is InChI=1S/C17H15N3O3S2/c1-10(21)11-4-3-5-12(8-11)18-14(22)9-25-17-19-15-13(6-7-24-15)16(23)20(17)2/h3-8H,9H2,1-2H3,(H,18,22). The number of hydrogen-bond donors (Lipinski definition) is 1. The van der Waals surface area contributed by atoms with E-state index >= 15 is 0 Å². The van der Waals surface area contributed by atoms with Gasteiger partial charge in [-0.05, 0) is 30.5 Å². The molecular formula is C17H15N3O3S2. The van der Waals surface area contributed by atoms with Gasteiger partial charge in [0.1, 0.15) is 4.83 Å². The number of nitrogens with one attached hydrogen (secondary N) is 1. The minimum atomic E-state index is -0.230. The molecule has 6 nitrogen and oxygen atoms in total. The zero-order chi connectivity index (χ0) is 18.0. The normalized spacial score (nSPS) is 10.8. The van der Waals surface area contributed by atoms with Gasteiger partial charge < -0.3 is 5.32 Å². The molecule has 8 heteroatoms. The second kappa shape index (κ2) is 7.20. The van der Waals surface area contributed by atoms with E-state index in [1.54, 1.807) is 37.4 Å². The molecule has 0 atom stereocenters. The zero-order valence-electron chi connectivity index (χ0n) is 13.6. The molecule has 0 spiro atoms. The molecule has 2 heterocycles. The van der Waals surface area contributed by atoms with E-state index in [0.29, 0.717) is 26.6 Å². The number of fused-ring (bicyclic) bond motifs is 1. The molecule has 0 saturated heterocycles. The Morgan fingerprint density at radius 2 is 2.12 bits per heavy atom. The summed E-state index contributed by atoms with van der Waals surface area (Å²) < 4.78 is 1.45. The number of ketones is 1. The summed E-state index contributed by atoms with van der Waals surface area (Å²) in [6, 6.07) is 8.52. The van der Waals surface area contributed by atoms with Gasteiger partial charge in [-0.1, -0.05) is 23.9 Å². The van der Waals surface area contributed by atoms with Crippen LogP contribution in [-0.2, 0) is 11.8 Å². The van der Waals surface area contributed by atoms with Gasteiger partial charge in [0, 0.05) is 18.3 Å². The lowest BCUT2D eigenvalue weighted by Crippen LogP contribution is -2.20. The molecule has 0 radical (unpaired) electrons. The van der Waals surface area contributed by atoms with Crippen LogP contribution in [0, 0.1) is 0 Å². The van der Waals surface area contributed by atoms with Gasteiger partial charge in [-0.15, -0.1) is 11.3 Å². The van der Waals surface area contributed by atoms with Gasteiger partial charge >= 0.3 is 0 Å². The van der Waals surface area contributed by atoms with Crippen molar-refractivity contribution in [1.29, 1.82) is 0 Å². The zero-order valence-corrected chi connectivity index (χ0v) is 15.2. The van der Waals surface area contributed by atoms with Crippen molar-refractivity contribution >= 4 is 50.7 Å². The first kappa shape index (κ1) is 17.4. The van der Waals surface area contributed by atoms with E-state index in [0.717, 1.165) is 0 Å². The highest BCUT2D eigenvalue weighted by Crippen LogP contribution is 2.20. The van der Waals surface area contributed by atoms with Crippen molar-refractivity contribution in [3.8, 4) is 0 Å². The minimum Gasteiger partial charge on any atom is -0.325 e. The molecule has 1 aromatic carbocycles. The third-order valence-electron chi connectivity index (χ3n) is 3.55. The number of carbonyl (C=O) groups is 2. The third-order valence-corrected chi connectivity index (χ3v) is 5.39. The van der Waals surface area contributed by atoms with Crippen LogP contribution >= 0.6 is 23.1 Å². The Morgan fingerprint density at radius 1 is 1.32 bits per heavy atom. The third kappa shape index (κ3) is 3.80. The maximum absolute atomic E-state index is 12.2. The molecule has 0 saturated carbocycles. The number of thioether (sulfide) groups is 1. The number of Topliss-reactive ketones (excluding diaryl/α,β-unsaturated/α-hetero) is 1. The predicted octanol–water partition coefficient (Wildman–Crippen LogP) is 2.93. The van der Waals surface area contributed by atoms with Gasteiger partial charge in [-0.3, -0.25) is 19.0 Å². The number of nitrogens with zero attached hydrogens (tertiary/aromatic N) is 2. The fourth-order valence-corrected chi connectivity index (χ4v) is 3.83. The number of amides is 1. The summed E-state index contributed by atoms with van der Waals surface area (Å²) in [5.41, 5.74) is 0.981. The van der Waals surface area contributed by atoms with Crippen LogP contribution in [0.15, 0.2) is 45.7 Å². The van der Waals surface area contributed by atoms with Crippen LogP contribution < -0.4 is 10.9 Å². The number of anilines is 1. The van der Waals surface area contributed by atoms with Crippen molar-refractivity contribution < 1.29 is 9.59 Å². The lowest BCUT2D eigenvalue weighted by atomic mass is 10.1. The number of rotatable bonds is 5. The Labute approximate surface area is 151 Å².